The Hall–Kier alpha value is -0.860. The number of nitrogens with zero attached hydrogens (tertiary/aromatic N) is 1. The molecule has 1 aliphatic heterocycles. The maximum absolute atomic E-state index is 10.3. The van der Waals surface area contributed by atoms with E-state index in [0.717, 1.165) is 31.6 Å². The van der Waals surface area contributed by atoms with E-state index < -0.39 is 0 Å². The molecule has 2 heteroatoms. The lowest BCUT2D eigenvalue weighted by atomic mass is 9.96. The van der Waals surface area contributed by atoms with E-state index >= 15 is 0 Å². The molecule has 0 spiro atoms. The standard InChI is InChI=1S/C17H27NO/c1-3-14(2)15-7-9-16(10-8-15)17(19)13-18-11-5-4-6-12-18/h7-10,14,17,19H,3-6,11-13H2,1-2H3. The Labute approximate surface area is 117 Å². The molecule has 19 heavy (non-hydrogen) atoms. The third-order valence-corrected chi connectivity index (χ3v) is 4.38. The van der Waals surface area contributed by atoms with Gasteiger partial charge >= 0.3 is 0 Å². The summed E-state index contributed by atoms with van der Waals surface area (Å²) in [7, 11) is 0. The van der Waals surface area contributed by atoms with E-state index in [1.807, 2.05) is 0 Å². The molecular formula is C17H27NO. The van der Waals surface area contributed by atoms with Crippen molar-refractivity contribution in [2.45, 2.75) is 51.6 Å². The first-order valence-electron chi connectivity index (χ1n) is 7.71. The molecule has 0 amide bonds. The normalized spacial score (nSPS) is 20.2. The van der Waals surface area contributed by atoms with Crippen molar-refractivity contribution in [2.75, 3.05) is 19.6 Å². The van der Waals surface area contributed by atoms with Gasteiger partial charge in [-0.3, -0.25) is 0 Å². The molecule has 1 saturated heterocycles. The van der Waals surface area contributed by atoms with Crippen molar-refractivity contribution in [3.8, 4) is 0 Å². The second-order valence-corrected chi connectivity index (χ2v) is 5.85. The number of β-amino-alcohol motifs (C(OH)–C–C–N with tert-alkyl or cyclic N) is 1. The van der Waals surface area contributed by atoms with E-state index in [9.17, 15) is 5.11 Å². The summed E-state index contributed by atoms with van der Waals surface area (Å²) in [5.74, 6) is 0.605. The van der Waals surface area contributed by atoms with Crippen molar-refractivity contribution in [3.63, 3.8) is 0 Å². The largest absolute Gasteiger partial charge is 0.387 e. The van der Waals surface area contributed by atoms with Gasteiger partial charge in [-0.2, -0.15) is 0 Å². The van der Waals surface area contributed by atoms with E-state index in [0.29, 0.717) is 5.92 Å². The zero-order valence-corrected chi connectivity index (χ0v) is 12.3. The second kappa shape index (κ2) is 7.06. The van der Waals surface area contributed by atoms with Crippen molar-refractivity contribution in [3.05, 3.63) is 35.4 Å². The van der Waals surface area contributed by atoms with Crippen LogP contribution < -0.4 is 0 Å². The van der Waals surface area contributed by atoms with Crippen molar-refractivity contribution in [2.24, 2.45) is 0 Å². The monoisotopic (exact) mass is 261 g/mol. The van der Waals surface area contributed by atoms with Gasteiger partial charge in [-0.1, -0.05) is 44.5 Å². The van der Waals surface area contributed by atoms with Crippen molar-refractivity contribution in [1.29, 1.82) is 0 Å². The molecule has 1 aromatic rings. The predicted molar refractivity (Wildman–Crippen MR) is 80.4 cm³/mol. The van der Waals surface area contributed by atoms with Crippen LogP contribution in [0, 0.1) is 0 Å². The number of aliphatic hydroxyl groups is 1. The maximum atomic E-state index is 10.3. The van der Waals surface area contributed by atoms with E-state index in [1.54, 1.807) is 0 Å². The van der Waals surface area contributed by atoms with Gasteiger partial charge in [-0.05, 0) is 49.4 Å². The lowest BCUT2D eigenvalue weighted by Crippen LogP contribution is -2.33. The minimum Gasteiger partial charge on any atom is -0.387 e. The highest BCUT2D eigenvalue weighted by atomic mass is 16.3. The van der Waals surface area contributed by atoms with E-state index in [1.165, 1.54) is 24.8 Å². The van der Waals surface area contributed by atoms with Gasteiger partial charge in [0.2, 0.25) is 0 Å². The van der Waals surface area contributed by atoms with E-state index in [-0.39, 0.29) is 6.10 Å². The summed E-state index contributed by atoms with van der Waals surface area (Å²) in [6.07, 6.45) is 4.72. The Morgan fingerprint density at radius 3 is 2.21 bits per heavy atom. The molecule has 1 N–H and O–H groups in total. The smallest absolute Gasteiger partial charge is 0.0916 e. The molecule has 0 bridgehead atoms. The Kier molecular flexibility index (Phi) is 5.41. The fraction of sp³-hybridized carbons (Fsp3) is 0.647. The van der Waals surface area contributed by atoms with Crippen LogP contribution in [-0.4, -0.2) is 29.6 Å². The van der Waals surface area contributed by atoms with Crippen LogP contribution in [0.5, 0.6) is 0 Å². The summed E-state index contributed by atoms with van der Waals surface area (Å²) in [5.41, 5.74) is 2.43. The van der Waals surface area contributed by atoms with Gasteiger partial charge in [0.15, 0.2) is 0 Å². The Bertz CT molecular complexity index is 367. The van der Waals surface area contributed by atoms with Crippen LogP contribution in [0.2, 0.25) is 0 Å². The van der Waals surface area contributed by atoms with E-state index in [2.05, 4.69) is 43.0 Å². The summed E-state index contributed by atoms with van der Waals surface area (Å²) in [4.78, 5) is 2.39. The fourth-order valence-electron chi connectivity index (χ4n) is 2.77. The minimum absolute atomic E-state index is 0.343. The molecule has 2 nitrogen and oxygen atoms in total. The zero-order valence-electron chi connectivity index (χ0n) is 12.3. The first-order valence-corrected chi connectivity index (χ1v) is 7.71. The Morgan fingerprint density at radius 2 is 1.63 bits per heavy atom. The number of rotatable bonds is 5. The molecule has 1 heterocycles. The summed E-state index contributed by atoms with van der Waals surface area (Å²) in [5, 5.41) is 10.3. The van der Waals surface area contributed by atoms with Gasteiger partial charge in [0.05, 0.1) is 6.10 Å². The molecule has 2 unspecified atom stereocenters. The van der Waals surface area contributed by atoms with Gasteiger partial charge in [0, 0.05) is 6.54 Å². The molecule has 0 saturated carbocycles. The number of aliphatic hydroxyl groups excluding tert-OH is 1. The number of hydrogen-bond donors (Lipinski definition) is 1. The van der Waals surface area contributed by atoms with Gasteiger partial charge in [-0.15, -0.1) is 0 Å². The Morgan fingerprint density at radius 1 is 1.05 bits per heavy atom. The highest BCUT2D eigenvalue weighted by Crippen LogP contribution is 2.22. The summed E-state index contributed by atoms with van der Waals surface area (Å²) >= 11 is 0. The number of likely N-dealkylation sites (tertiary alicyclic amines) is 1. The van der Waals surface area contributed by atoms with Gasteiger partial charge in [-0.25, -0.2) is 0 Å². The van der Waals surface area contributed by atoms with Crippen LogP contribution in [0.4, 0.5) is 0 Å². The number of benzene rings is 1. The van der Waals surface area contributed by atoms with E-state index in [4.69, 9.17) is 0 Å². The summed E-state index contributed by atoms with van der Waals surface area (Å²) in [6.45, 7) is 7.52. The van der Waals surface area contributed by atoms with Crippen molar-refractivity contribution in [1.82, 2.24) is 4.90 Å². The topological polar surface area (TPSA) is 23.5 Å². The van der Waals surface area contributed by atoms with Crippen LogP contribution >= 0.6 is 0 Å². The molecule has 0 aromatic heterocycles. The summed E-state index contributed by atoms with van der Waals surface area (Å²) < 4.78 is 0. The fourth-order valence-corrected chi connectivity index (χ4v) is 2.77. The third kappa shape index (κ3) is 4.05. The first kappa shape index (κ1) is 14.5. The highest BCUT2D eigenvalue weighted by molar-refractivity contribution is 5.26. The quantitative estimate of drug-likeness (QED) is 0.873. The lowest BCUT2D eigenvalue weighted by Gasteiger charge is -2.28. The molecular weight excluding hydrogens is 234 g/mol. The van der Waals surface area contributed by atoms with Gasteiger partial charge < -0.3 is 10.0 Å². The number of hydrogen-bond acceptors (Lipinski definition) is 2. The lowest BCUT2D eigenvalue weighted by molar-refractivity contribution is 0.101. The zero-order chi connectivity index (χ0) is 13.7. The van der Waals surface area contributed by atoms with Crippen LogP contribution in [0.25, 0.3) is 0 Å². The summed E-state index contributed by atoms with van der Waals surface area (Å²) in [6, 6.07) is 8.53. The SMILES string of the molecule is CCC(C)c1ccc(C(O)CN2CCCCC2)cc1. The molecule has 0 radical (unpaired) electrons. The van der Waals surface area contributed by atoms with Gasteiger partial charge in [0.25, 0.3) is 0 Å². The molecule has 1 aromatic carbocycles. The molecule has 1 fully saturated rings. The minimum atomic E-state index is -0.343. The predicted octanol–water partition coefficient (Wildman–Crippen LogP) is 3.72. The molecule has 2 rings (SSSR count). The van der Waals surface area contributed by atoms with Crippen LogP contribution in [0.15, 0.2) is 24.3 Å². The average Bonchev–Trinajstić information content (AvgIpc) is 2.47. The van der Waals surface area contributed by atoms with Crippen LogP contribution in [0.1, 0.15) is 62.7 Å². The van der Waals surface area contributed by atoms with Crippen molar-refractivity contribution < 1.29 is 5.11 Å². The molecule has 0 aliphatic carbocycles. The molecule has 106 valence electrons. The maximum Gasteiger partial charge on any atom is 0.0916 e. The third-order valence-electron chi connectivity index (χ3n) is 4.38. The number of piperidine rings is 1. The van der Waals surface area contributed by atoms with Gasteiger partial charge in [0.1, 0.15) is 0 Å². The first-order chi connectivity index (χ1) is 9.20. The average molecular weight is 261 g/mol. The van der Waals surface area contributed by atoms with Crippen LogP contribution in [-0.2, 0) is 0 Å². The Balaban J connectivity index is 1.93. The van der Waals surface area contributed by atoms with Crippen LogP contribution in [0.3, 0.4) is 0 Å². The highest BCUT2D eigenvalue weighted by Gasteiger charge is 2.16. The van der Waals surface area contributed by atoms with Crippen molar-refractivity contribution >= 4 is 0 Å². The molecule has 1 aliphatic rings. The second-order valence-electron chi connectivity index (χ2n) is 5.85. The molecule has 2 atom stereocenters.